The molecule has 0 aromatic heterocycles. The van der Waals surface area contributed by atoms with Gasteiger partial charge in [0.15, 0.2) is 0 Å². The maximum atomic E-state index is 13.1. The fourth-order valence-electron chi connectivity index (χ4n) is 3.21. The van der Waals surface area contributed by atoms with Crippen LogP contribution in [0.5, 0.6) is 0 Å². The van der Waals surface area contributed by atoms with Crippen LogP contribution in [0.3, 0.4) is 0 Å². The molecule has 0 aliphatic carbocycles. The molecule has 1 saturated heterocycles. The first-order chi connectivity index (χ1) is 11.9. The van der Waals surface area contributed by atoms with Gasteiger partial charge >= 0.3 is 0 Å². The lowest BCUT2D eigenvalue weighted by atomic mass is 9.81. The molecular weight excluding hydrogens is 380 g/mol. The van der Waals surface area contributed by atoms with Crippen molar-refractivity contribution in [3.05, 3.63) is 34.6 Å². The Kier molecular flexibility index (Phi) is 8.31. The molecule has 1 aromatic rings. The molecule has 0 spiro atoms. The van der Waals surface area contributed by atoms with Crippen LogP contribution in [0, 0.1) is 11.2 Å². The molecule has 146 valence electrons. The highest BCUT2D eigenvalue weighted by Gasteiger charge is 2.38. The molecule has 0 radical (unpaired) electrons. The molecule has 1 heterocycles. The lowest BCUT2D eigenvalue weighted by Crippen LogP contribution is -2.55. The van der Waals surface area contributed by atoms with Crippen molar-refractivity contribution >= 4 is 35.8 Å². The molecule has 2 rings (SSSR count). The number of halogens is 3. The number of hydrogen-bond acceptors (Lipinski definition) is 3. The lowest BCUT2D eigenvalue weighted by Gasteiger charge is -2.40. The second-order valence-corrected chi connectivity index (χ2v) is 6.81. The topological polar surface area (TPSA) is 66.6 Å². The number of hydrogen-bond donors (Lipinski definition) is 1. The second kappa shape index (κ2) is 9.53. The van der Waals surface area contributed by atoms with Crippen LogP contribution in [-0.2, 0) is 4.79 Å². The zero-order valence-corrected chi connectivity index (χ0v) is 16.7. The van der Waals surface area contributed by atoms with E-state index >= 15 is 0 Å². The number of benzene rings is 1. The second-order valence-electron chi connectivity index (χ2n) is 6.40. The summed E-state index contributed by atoms with van der Waals surface area (Å²) in [6.45, 7) is 6.05. The molecule has 5 nitrogen and oxygen atoms in total. The van der Waals surface area contributed by atoms with Gasteiger partial charge in [-0.1, -0.05) is 25.4 Å². The van der Waals surface area contributed by atoms with Crippen LogP contribution in [-0.4, -0.2) is 54.3 Å². The largest absolute Gasteiger partial charge is 0.339 e. The average Bonchev–Trinajstić information content (AvgIpc) is 2.63. The van der Waals surface area contributed by atoms with E-state index in [1.54, 1.807) is 9.80 Å². The molecule has 2 N–H and O–H groups in total. The van der Waals surface area contributed by atoms with Gasteiger partial charge in [-0.05, 0) is 31.0 Å². The number of amides is 2. The minimum Gasteiger partial charge on any atom is -0.339 e. The van der Waals surface area contributed by atoms with Crippen LogP contribution in [0.1, 0.15) is 37.0 Å². The maximum Gasteiger partial charge on any atom is 0.255 e. The van der Waals surface area contributed by atoms with Gasteiger partial charge in [-0.3, -0.25) is 9.59 Å². The Balaban J connectivity index is 0.00000338. The zero-order valence-electron chi connectivity index (χ0n) is 15.1. The summed E-state index contributed by atoms with van der Waals surface area (Å²) in [7, 11) is 0. The number of rotatable bonds is 5. The van der Waals surface area contributed by atoms with E-state index in [0.717, 1.165) is 6.07 Å². The van der Waals surface area contributed by atoms with Crippen molar-refractivity contribution < 1.29 is 14.0 Å². The maximum absolute atomic E-state index is 13.1. The first-order valence-corrected chi connectivity index (χ1v) is 9.00. The van der Waals surface area contributed by atoms with E-state index in [0.29, 0.717) is 45.6 Å². The highest BCUT2D eigenvalue weighted by molar-refractivity contribution is 6.33. The van der Waals surface area contributed by atoms with E-state index in [-0.39, 0.29) is 34.8 Å². The summed E-state index contributed by atoms with van der Waals surface area (Å²) < 4.78 is 13.1. The Morgan fingerprint density at radius 1 is 1.15 bits per heavy atom. The van der Waals surface area contributed by atoms with Gasteiger partial charge in [-0.15, -0.1) is 12.4 Å². The van der Waals surface area contributed by atoms with Crippen LogP contribution < -0.4 is 5.73 Å². The van der Waals surface area contributed by atoms with E-state index in [2.05, 4.69) is 0 Å². The highest BCUT2D eigenvalue weighted by atomic mass is 35.5. The third kappa shape index (κ3) is 4.48. The van der Waals surface area contributed by atoms with Crippen molar-refractivity contribution in [2.24, 2.45) is 11.1 Å². The summed E-state index contributed by atoms with van der Waals surface area (Å²) in [5.74, 6) is -0.658. The van der Waals surface area contributed by atoms with Crippen molar-refractivity contribution in [3.8, 4) is 0 Å². The van der Waals surface area contributed by atoms with Gasteiger partial charge in [0.05, 0.1) is 16.0 Å². The summed E-state index contributed by atoms with van der Waals surface area (Å²) in [6, 6.07) is 3.74. The molecule has 1 fully saturated rings. The highest BCUT2D eigenvalue weighted by Crippen LogP contribution is 2.28. The third-order valence-corrected chi connectivity index (χ3v) is 5.53. The summed E-state index contributed by atoms with van der Waals surface area (Å²) in [6.07, 6.45) is 1.40. The van der Waals surface area contributed by atoms with Crippen molar-refractivity contribution in [1.29, 1.82) is 0 Å². The predicted molar refractivity (Wildman–Crippen MR) is 103 cm³/mol. The summed E-state index contributed by atoms with van der Waals surface area (Å²) in [5.41, 5.74) is 5.62. The van der Waals surface area contributed by atoms with Crippen LogP contribution in [0.2, 0.25) is 5.02 Å². The van der Waals surface area contributed by atoms with Crippen molar-refractivity contribution in [2.75, 3.05) is 32.7 Å². The SMILES string of the molecule is CCC(CC)(CN)C(=O)N1CCN(C(=O)c2ccc(F)cc2Cl)CC1.Cl. The van der Waals surface area contributed by atoms with E-state index in [9.17, 15) is 14.0 Å². The molecule has 0 saturated carbocycles. The molecule has 1 aliphatic rings. The molecule has 1 aromatic carbocycles. The van der Waals surface area contributed by atoms with Gasteiger partial charge in [0, 0.05) is 32.7 Å². The van der Waals surface area contributed by atoms with E-state index in [1.807, 2.05) is 13.8 Å². The Morgan fingerprint density at radius 2 is 1.69 bits per heavy atom. The van der Waals surface area contributed by atoms with Crippen molar-refractivity contribution in [1.82, 2.24) is 9.80 Å². The van der Waals surface area contributed by atoms with Crippen LogP contribution >= 0.6 is 24.0 Å². The molecule has 0 atom stereocenters. The van der Waals surface area contributed by atoms with E-state index in [1.165, 1.54) is 12.1 Å². The van der Waals surface area contributed by atoms with E-state index < -0.39 is 11.2 Å². The normalized spacial score (nSPS) is 14.8. The molecule has 1 aliphatic heterocycles. The lowest BCUT2D eigenvalue weighted by molar-refractivity contribution is -0.143. The summed E-state index contributed by atoms with van der Waals surface area (Å²) >= 11 is 5.97. The molecular formula is C18H26Cl2FN3O2. The number of nitrogens with zero attached hydrogens (tertiary/aromatic N) is 2. The van der Waals surface area contributed by atoms with Gasteiger partial charge in [-0.25, -0.2) is 4.39 Å². The molecule has 8 heteroatoms. The van der Waals surface area contributed by atoms with Crippen LogP contribution in [0.25, 0.3) is 0 Å². The number of carbonyl (C=O) groups excluding carboxylic acids is 2. The smallest absolute Gasteiger partial charge is 0.255 e. The fraction of sp³-hybridized carbons (Fsp3) is 0.556. The minimum absolute atomic E-state index is 0. The third-order valence-electron chi connectivity index (χ3n) is 5.21. The van der Waals surface area contributed by atoms with Gasteiger partial charge < -0.3 is 15.5 Å². The molecule has 2 amide bonds. The van der Waals surface area contributed by atoms with Gasteiger partial charge in [0.25, 0.3) is 5.91 Å². The minimum atomic E-state index is -0.521. The fourth-order valence-corrected chi connectivity index (χ4v) is 3.46. The quantitative estimate of drug-likeness (QED) is 0.818. The Bertz CT molecular complexity index is 637. The zero-order chi connectivity index (χ0) is 18.6. The number of carbonyl (C=O) groups is 2. The average molecular weight is 406 g/mol. The Morgan fingerprint density at radius 3 is 2.15 bits per heavy atom. The van der Waals surface area contributed by atoms with E-state index in [4.69, 9.17) is 17.3 Å². The Labute approximate surface area is 165 Å². The number of nitrogens with two attached hydrogens (primary N) is 1. The van der Waals surface area contributed by atoms with Gasteiger partial charge in [0.1, 0.15) is 5.82 Å². The number of piperazine rings is 1. The van der Waals surface area contributed by atoms with Gasteiger partial charge in [0.2, 0.25) is 5.91 Å². The standard InChI is InChI=1S/C18H25ClFN3O2.ClH/c1-3-18(4-2,12-21)17(25)23-9-7-22(8-10-23)16(24)14-6-5-13(20)11-15(14)19;/h5-6,11H,3-4,7-10,12,21H2,1-2H3;1H. The molecule has 26 heavy (non-hydrogen) atoms. The molecule has 0 unspecified atom stereocenters. The first-order valence-electron chi connectivity index (χ1n) is 8.62. The van der Waals surface area contributed by atoms with Crippen LogP contribution in [0.15, 0.2) is 18.2 Å². The van der Waals surface area contributed by atoms with Crippen LogP contribution in [0.4, 0.5) is 4.39 Å². The summed E-state index contributed by atoms with van der Waals surface area (Å²) in [4.78, 5) is 28.8. The van der Waals surface area contributed by atoms with Gasteiger partial charge in [-0.2, -0.15) is 0 Å². The Hall–Kier alpha value is -1.37. The first kappa shape index (κ1) is 22.7. The monoisotopic (exact) mass is 405 g/mol. The predicted octanol–water partition coefficient (Wildman–Crippen LogP) is 2.95. The molecule has 0 bridgehead atoms. The van der Waals surface area contributed by atoms with Crippen molar-refractivity contribution in [3.63, 3.8) is 0 Å². The van der Waals surface area contributed by atoms with Crippen molar-refractivity contribution in [2.45, 2.75) is 26.7 Å². The summed E-state index contributed by atoms with van der Waals surface area (Å²) in [5, 5.41) is 0.0996.